The van der Waals surface area contributed by atoms with Crippen molar-refractivity contribution in [3.05, 3.63) is 34.4 Å². The minimum absolute atomic E-state index is 0.226. The predicted molar refractivity (Wildman–Crippen MR) is 76.9 cm³/mol. The first kappa shape index (κ1) is 14.6. The number of hydrogen-bond donors (Lipinski definition) is 1. The molecule has 0 saturated carbocycles. The molecule has 4 heteroatoms. The number of ketones is 1. The van der Waals surface area contributed by atoms with Crippen molar-refractivity contribution in [3.63, 3.8) is 0 Å². The Morgan fingerprint density at radius 1 is 1.30 bits per heavy atom. The maximum atomic E-state index is 11.7. The Labute approximate surface area is 119 Å². The quantitative estimate of drug-likeness (QED) is 0.902. The number of hydrogen-bond acceptors (Lipinski definition) is 3. The van der Waals surface area contributed by atoms with Gasteiger partial charge in [-0.2, -0.15) is 0 Å². The zero-order chi connectivity index (χ0) is 14.9. The van der Waals surface area contributed by atoms with Crippen molar-refractivity contribution in [2.24, 2.45) is 0 Å². The highest BCUT2D eigenvalue weighted by Gasteiger charge is 2.22. The van der Waals surface area contributed by atoms with Gasteiger partial charge in [-0.1, -0.05) is 12.1 Å². The number of ether oxygens (including phenoxy) is 1. The van der Waals surface area contributed by atoms with Crippen LogP contribution >= 0.6 is 0 Å². The minimum Gasteiger partial charge on any atom is -0.444 e. The second-order valence-electron chi connectivity index (χ2n) is 6.23. The van der Waals surface area contributed by atoms with Crippen molar-refractivity contribution < 1.29 is 14.3 Å². The van der Waals surface area contributed by atoms with Gasteiger partial charge in [-0.15, -0.1) is 0 Å². The third-order valence-corrected chi connectivity index (χ3v) is 3.21. The number of alkyl carbamates (subject to hydrolysis) is 1. The zero-order valence-electron chi connectivity index (χ0n) is 12.5. The zero-order valence-corrected chi connectivity index (χ0v) is 12.5. The first-order chi connectivity index (χ1) is 9.26. The fourth-order valence-corrected chi connectivity index (χ4v) is 2.50. The second kappa shape index (κ2) is 5.27. The smallest absolute Gasteiger partial charge is 0.407 e. The Balaban J connectivity index is 2.03. The third-order valence-electron chi connectivity index (χ3n) is 3.21. The van der Waals surface area contributed by atoms with Crippen LogP contribution < -0.4 is 5.32 Å². The summed E-state index contributed by atoms with van der Waals surface area (Å²) in [6.45, 7) is 7.85. The van der Waals surface area contributed by atoms with Crippen LogP contribution in [0.2, 0.25) is 0 Å². The van der Waals surface area contributed by atoms with Crippen molar-refractivity contribution >= 4 is 11.9 Å². The summed E-state index contributed by atoms with van der Waals surface area (Å²) >= 11 is 0. The maximum Gasteiger partial charge on any atom is 0.407 e. The van der Waals surface area contributed by atoms with Crippen LogP contribution in [0.5, 0.6) is 0 Å². The molecule has 0 unspecified atom stereocenters. The molecular weight excluding hydrogens is 254 g/mol. The molecule has 0 radical (unpaired) electrons. The van der Waals surface area contributed by atoms with Crippen molar-refractivity contribution in [3.8, 4) is 0 Å². The summed E-state index contributed by atoms with van der Waals surface area (Å²) in [6, 6.07) is 3.96. The standard InChI is InChI=1S/C16H21NO3/c1-10-7-11(8-12-5-6-13(18)14(10)12)9-17-15(19)20-16(2,3)4/h7-8H,5-6,9H2,1-4H3,(H,17,19). The van der Waals surface area contributed by atoms with Gasteiger partial charge in [0.25, 0.3) is 0 Å². The van der Waals surface area contributed by atoms with E-state index in [9.17, 15) is 9.59 Å². The van der Waals surface area contributed by atoms with Gasteiger partial charge in [-0.05, 0) is 50.8 Å². The first-order valence-electron chi connectivity index (χ1n) is 6.89. The normalized spacial score (nSPS) is 14.1. The number of amides is 1. The molecule has 0 fully saturated rings. The number of Topliss-reactive ketones (excluding diaryl/α,β-unsaturated/α-hetero) is 1. The molecule has 1 aromatic carbocycles. The summed E-state index contributed by atoms with van der Waals surface area (Å²) in [4.78, 5) is 23.3. The average molecular weight is 275 g/mol. The van der Waals surface area contributed by atoms with Crippen LogP contribution in [0.3, 0.4) is 0 Å². The van der Waals surface area contributed by atoms with Gasteiger partial charge < -0.3 is 10.1 Å². The Morgan fingerprint density at radius 3 is 2.65 bits per heavy atom. The lowest BCUT2D eigenvalue weighted by molar-refractivity contribution is 0.0523. The highest BCUT2D eigenvalue weighted by molar-refractivity contribution is 6.01. The first-order valence-corrected chi connectivity index (χ1v) is 6.89. The molecule has 0 aliphatic heterocycles. The lowest BCUT2D eigenvalue weighted by Gasteiger charge is -2.19. The van der Waals surface area contributed by atoms with Gasteiger partial charge >= 0.3 is 6.09 Å². The van der Waals surface area contributed by atoms with Gasteiger partial charge in [0.2, 0.25) is 0 Å². The number of nitrogens with one attached hydrogen (secondary N) is 1. The molecule has 108 valence electrons. The van der Waals surface area contributed by atoms with E-state index in [2.05, 4.69) is 5.32 Å². The molecule has 2 rings (SSSR count). The van der Waals surface area contributed by atoms with Crippen LogP contribution in [-0.4, -0.2) is 17.5 Å². The maximum absolute atomic E-state index is 11.7. The number of fused-ring (bicyclic) bond motifs is 1. The van der Waals surface area contributed by atoms with Crippen LogP contribution in [0.4, 0.5) is 4.79 Å². The molecule has 0 bridgehead atoms. The van der Waals surface area contributed by atoms with E-state index in [-0.39, 0.29) is 5.78 Å². The van der Waals surface area contributed by atoms with Crippen LogP contribution in [0, 0.1) is 6.92 Å². The molecule has 1 aliphatic rings. The highest BCUT2D eigenvalue weighted by Crippen LogP contribution is 2.26. The molecule has 0 aromatic heterocycles. The van der Waals surface area contributed by atoms with E-state index in [0.29, 0.717) is 13.0 Å². The number of aryl methyl sites for hydroxylation is 2. The minimum atomic E-state index is -0.496. The molecule has 0 saturated heterocycles. The average Bonchev–Trinajstić information content (AvgIpc) is 2.66. The molecule has 1 aromatic rings. The molecule has 1 aliphatic carbocycles. The molecule has 0 heterocycles. The Bertz CT molecular complexity index is 556. The number of carbonyl (C=O) groups excluding carboxylic acids is 2. The van der Waals surface area contributed by atoms with E-state index in [1.807, 2.05) is 39.8 Å². The van der Waals surface area contributed by atoms with Gasteiger partial charge in [0.05, 0.1) is 0 Å². The number of benzene rings is 1. The summed E-state index contributed by atoms with van der Waals surface area (Å²) in [5, 5.41) is 2.74. The summed E-state index contributed by atoms with van der Waals surface area (Å²) in [6.07, 6.45) is 0.973. The molecule has 0 spiro atoms. The summed E-state index contributed by atoms with van der Waals surface area (Å²) in [5.74, 6) is 0.226. The molecular formula is C16H21NO3. The monoisotopic (exact) mass is 275 g/mol. The topological polar surface area (TPSA) is 55.4 Å². The van der Waals surface area contributed by atoms with E-state index in [4.69, 9.17) is 4.74 Å². The van der Waals surface area contributed by atoms with Crippen molar-refractivity contribution in [2.45, 2.75) is 52.7 Å². The third kappa shape index (κ3) is 3.38. The van der Waals surface area contributed by atoms with E-state index in [0.717, 1.165) is 28.7 Å². The van der Waals surface area contributed by atoms with Gasteiger partial charge in [-0.25, -0.2) is 4.79 Å². The van der Waals surface area contributed by atoms with Crippen LogP contribution in [0.15, 0.2) is 12.1 Å². The molecule has 1 amide bonds. The van der Waals surface area contributed by atoms with Crippen LogP contribution in [0.1, 0.15) is 54.2 Å². The van der Waals surface area contributed by atoms with E-state index in [1.54, 1.807) is 0 Å². The van der Waals surface area contributed by atoms with Gasteiger partial charge in [-0.3, -0.25) is 4.79 Å². The van der Waals surface area contributed by atoms with Gasteiger partial charge in [0.15, 0.2) is 5.78 Å². The Kier molecular flexibility index (Phi) is 3.84. The second-order valence-corrected chi connectivity index (χ2v) is 6.23. The lowest BCUT2D eigenvalue weighted by atomic mass is 10.0. The predicted octanol–water partition coefficient (Wildman–Crippen LogP) is 3.15. The molecule has 1 N–H and O–H groups in total. The van der Waals surface area contributed by atoms with E-state index >= 15 is 0 Å². The fourth-order valence-electron chi connectivity index (χ4n) is 2.50. The van der Waals surface area contributed by atoms with Crippen LogP contribution in [-0.2, 0) is 17.7 Å². The highest BCUT2D eigenvalue weighted by atomic mass is 16.6. The Hall–Kier alpha value is -1.84. The largest absolute Gasteiger partial charge is 0.444 e. The molecule has 0 atom stereocenters. The number of rotatable bonds is 2. The number of carbonyl (C=O) groups is 2. The van der Waals surface area contributed by atoms with Crippen molar-refractivity contribution in [2.75, 3.05) is 0 Å². The lowest BCUT2D eigenvalue weighted by Crippen LogP contribution is -2.32. The summed E-state index contributed by atoms with van der Waals surface area (Å²) in [7, 11) is 0. The molecule has 4 nitrogen and oxygen atoms in total. The SMILES string of the molecule is Cc1cc(CNC(=O)OC(C)(C)C)cc2c1C(=O)CC2. The van der Waals surface area contributed by atoms with Gasteiger partial charge in [0, 0.05) is 18.5 Å². The van der Waals surface area contributed by atoms with Crippen molar-refractivity contribution in [1.29, 1.82) is 0 Å². The van der Waals surface area contributed by atoms with Crippen LogP contribution in [0.25, 0.3) is 0 Å². The van der Waals surface area contributed by atoms with Gasteiger partial charge in [0.1, 0.15) is 5.60 Å². The Morgan fingerprint density at radius 2 is 2.00 bits per heavy atom. The fraction of sp³-hybridized carbons (Fsp3) is 0.500. The summed E-state index contributed by atoms with van der Waals surface area (Å²) < 4.78 is 5.20. The van der Waals surface area contributed by atoms with Crippen molar-refractivity contribution in [1.82, 2.24) is 5.32 Å². The van der Waals surface area contributed by atoms with E-state index < -0.39 is 11.7 Å². The summed E-state index contributed by atoms with van der Waals surface area (Å²) in [5.41, 5.74) is 3.46. The molecule has 20 heavy (non-hydrogen) atoms. The van der Waals surface area contributed by atoms with E-state index in [1.165, 1.54) is 0 Å².